The molecule has 0 aliphatic heterocycles. The van der Waals surface area contributed by atoms with Crippen LogP contribution in [-0.4, -0.2) is 0 Å². The van der Waals surface area contributed by atoms with Crippen molar-refractivity contribution in [2.75, 3.05) is 0 Å². The standard InChI is InChI=1S/C18H9ClOS/c19-14-6-3-5-11-12-8-9-13-10-4-1-2-7-15(10)21-18(13)17(12)20-16(11)14/h1-9H. The minimum Gasteiger partial charge on any atom is -0.453 e. The molecule has 0 radical (unpaired) electrons. The number of thiophene rings is 1. The van der Waals surface area contributed by atoms with Crippen LogP contribution in [0.4, 0.5) is 0 Å². The van der Waals surface area contributed by atoms with E-state index in [-0.39, 0.29) is 0 Å². The number of hydrogen-bond acceptors (Lipinski definition) is 2. The van der Waals surface area contributed by atoms with E-state index in [4.69, 9.17) is 16.0 Å². The van der Waals surface area contributed by atoms with Crippen molar-refractivity contribution >= 4 is 65.0 Å². The lowest BCUT2D eigenvalue weighted by atomic mass is 10.1. The number of furan rings is 1. The number of para-hydroxylation sites is 1. The second kappa shape index (κ2) is 4.00. The van der Waals surface area contributed by atoms with Gasteiger partial charge in [0, 0.05) is 26.2 Å². The van der Waals surface area contributed by atoms with E-state index in [9.17, 15) is 0 Å². The second-order valence-electron chi connectivity index (χ2n) is 5.14. The molecule has 0 fully saturated rings. The molecule has 2 aromatic heterocycles. The van der Waals surface area contributed by atoms with Crippen molar-refractivity contribution in [2.45, 2.75) is 0 Å². The van der Waals surface area contributed by atoms with Crippen molar-refractivity contribution in [3.8, 4) is 0 Å². The van der Waals surface area contributed by atoms with Crippen LogP contribution in [-0.2, 0) is 0 Å². The summed E-state index contributed by atoms with van der Waals surface area (Å²) in [5.74, 6) is 0. The molecule has 0 amide bonds. The highest BCUT2D eigenvalue weighted by molar-refractivity contribution is 7.26. The van der Waals surface area contributed by atoms with Gasteiger partial charge in [0.15, 0.2) is 11.2 Å². The highest BCUT2D eigenvalue weighted by Crippen LogP contribution is 2.42. The van der Waals surface area contributed by atoms with Gasteiger partial charge in [-0.3, -0.25) is 0 Å². The minimum absolute atomic E-state index is 0.665. The molecule has 5 rings (SSSR count). The normalized spacial score (nSPS) is 12.0. The predicted molar refractivity (Wildman–Crippen MR) is 91.6 cm³/mol. The molecule has 0 saturated carbocycles. The summed E-state index contributed by atoms with van der Waals surface area (Å²) in [7, 11) is 0. The summed E-state index contributed by atoms with van der Waals surface area (Å²) in [4.78, 5) is 0. The molecule has 0 bridgehead atoms. The highest BCUT2D eigenvalue weighted by atomic mass is 35.5. The molecule has 3 aromatic carbocycles. The first-order valence-corrected chi connectivity index (χ1v) is 7.93. The molecule has 21 heavy (non-hydrogen) atoms. The molecule has 5 aromatic rings. The van der Waals surface area contributed by atoms with E-state index in [2.05, 4.69) is 42.5 Å². The van der Waals surface area contributed by atoms with E-state index in [1.807, 2.05) is 12.1 Å². The maximum absolute atomic E-state index is 6.27. The van der Waals surface area contributed by atoms with Crippen LogP contribution in [0.2, 0.25) is 5.02 Å². The third-order valence-corrected chi connectivity index (χ3v) is 5.45. The van der Waals surface area contributed by atoms with E-state index in [1.54, 1.807) is 11.3 Å². The SMILES string of the molecule is Clc1cccc2c1oc1c2ccc2c3ccccc3sc21. The Kier molecular flexibility index (Phi) is 2.21. The van der Waals surface area contributed by atoms with Gasteiger partial charge in [-0.15, -0.1) is 11.3 Å². The van der Waals surface area contributed by atoms with Gasteiger partial charge in [0.25, 0.3) is 0 Å². The van der Waals surface area contributed by atoms with Gasteiger partial charge in [0.2, 0.25) is 0 Å². The Morgan fingerprint density at radius 1 is 0.714 bits per heavy atom. The molecule has 3 heteroatoms. The fourth-order valence-electron chi connectivity index (χ4n) is 3.00. The summed E-state index contributed by atoms with van der Waals surface area (Å²) in [5, 5.41) is 5.41. The molecule has 0 aliphatic rings. The quantitative estimate of drug-likeness (QED) is 0.314. The highest BCUT2D eigenvalue weighted by Gasteiger charge is 2.15. The topological polar surface area (TPSA) is 13.1 Å². The zero-order chi connectivity index (χ0) is 14.0. The molecule has 0 saturated heterocycles. The smallest absolute Gasteiger partial charge is 0.154 e. The Morgan fingerprint density at radius 2 is 1.48 bits per heavy atom. The number of rotatable bonds is 0. The molecular formula is C18H9ClOS. The van der Waals surface area contributed by atoms with Gasteiger partial charge >= 0.3 is 0 Å². The Balaban J connectivity index is 2.09. The van der Waals surface area contributed by atoms with Crippen LogP contribution in [0.3, 0.4) is 0 Å². The van der Waals surface area contributed by atoms with Crippen LogP contribution in [0.25, 0.3) is 42.1 Å². The first kappa shape index (κ1) is 11.6. The molecule has 0 atom stereocenters. The van der Waals surface area contributed by atoms with Crippen LogP contribution in [0.1, 0.15) is 0 Å². The number of hydrogen-bond donors (Lipinski definition) is 0. The lowest BCUT2D eigenvalue weighted by molar-refractivity contribution is 0.673. The second-order valence-corrected chi connectivity index (χ2v) is 6.60. The summed E-state index contributed by atoms with van der Waals surface area (Å²) in [6, 6.07) is 18.7. The third kappa shape index (κ3) is 1.46. The Morgan fingerprint density at radius 3 is 2.43 bits per heavy atom. The Bertz CT molecular complexity index is 1150. The lowest BCUT2D eigenvalue weighted by Crippen LogP contribution is -1.68. The van der Waals surface area contributed by atoms with Crippen molar-refractivity contribution in [3.63, 3.8) is 0 Å². The van der Waals surface area contributed by atoms with Gasteiger partial charge in [0.05, 0.1) is 9.72 Å². The average Bonchev–Trinajstić information content (AvgIpc) is 3.06. The fraction of sp³-hybridized carbons (Fsp3) is 0. The average molecular weight is 309 g/mol. The van der Waals surface area contributed by atoms with Gasteiger partial charge < -0.3 is 4.42 Å². The molecule has 0 aliphatic carbocycles. The van der Waals surface area contributed by atoms with Gasteiger partial charge in [-0.05, 0) is 18.2 Å². The molecule has 0 unspecified atom stereocenters. The van der Waals surface area contributed by atoms with Crippen LogP contribution < -0.4 is 0 Å². The zero-order valence-corrected chi connectivity index (χ0v) is 12.5. The van der Waals surface area contributed by atoms with Crippen molar-refractivity contribution in [2.24, 2.45) is 0 Å². The molecule has 2 heterocycles. The Hall–Kier alpha value is -2.03. The number of halogens is 1. The van der Waals surface area contributed by atoms with Crippen LogP contribution in [0.5, 0.6) is 0 Å². The first-order chi connectivity index (χ1) is 10.3. The number of benzene rings is 3. The summed E-state index contributed by atoms with van der Waals surface area (Å²) in [5.41, 5.74) is 1.72. The molecular weight excluding hydrogens is 300 g/mol. The fourth-order valence-corrected chi connectivity index (χ4v) is 4.40. The molecule has 100 valence electrons. The number of fused-ring (bicyclic) bond motifs is 7. The van der Waals surface area contributed by atoms with E-state index >= 15 is 0 Å². The summed E-state index contributed by atoms with van der Waals surface area (Å²) >= 11 is 8.04. The van der Waals surface area contributed by atoms with Gasteiger partial charge in [-0.1, -0.05) is 48.0 Å². The molecule has 0 N–H and O–H groups in total. The van der Waals surface area contributed by atoms with Gasteiger partial charge in [-0.2, -0.15) is 0 Å². The maximum atomic E-state index is 6.27. The van der Waals surface area contributed by atoms with E-state index in [0.29, 0.717) is 5.02 Å². The molecule has 0 spiro atoms. The van der Waals surface area contributed by atoms with Crippen molar-refractivity contribution in [3.05, 3.63) is 59.6 Å². The van der Waals surface area contributed by atoms with Crippen molar-refractivity contribution < 1.29 is 4.42 Å². The summed E-state index contributed by atoms with van der Waals surface area (Å²) < 4.78 is 8.58. The third-order valence-electron chi connectivity index (χ3n) is 3.96. The summed E-state index contributed by atoms with van der Waals surface area (Å²) in [6.07, 6.45) is 0. The monoisotopic (exact) mass is 308 g/mol. The van der Waals surface area contributed by atoms with E-state index < -0.39 is 0 Å². The minimum atomic E-state index is 0.665. The predicted octanol–water partition coefficient (Wildman–Crippen LogP) is 6.61. The lowest BCUT2D eigenvalue weighted by Gasteiger charge is -1.92. The van der Waals surface area contributed by atoms with Crippen LogP contribution in [0, 0.1) is 0 Å². The van der Waals surface area contributed by atoms with Gasteiger partial charge in [-0.25, -0.2) is 0 Å². The van der Waals surface area contributed by atoms with E-state index in [0.717, 1.165) is 21.9 Å². The van der Waals surface area contributed by atoms with Crippen LogP contribution in [0.15, 0.2) is 59.0 Å². The van der Waals surface area contributed by atoms with E-state index in [1.165, 1.54) is 20.2 Å². The zero-order valence-electron chi connectivity index (χ0n) is 10.9. The summed E-state index contributed by atoms with van der Waals surface area (Å²) in [6.45, 7) is 0. The first-order valence-electron chi connectivity index (χ1n) is 6.74. The largest absolute Gasteiger partial charge is 0.453 e. The maximum Gasteiger partial charge on any atom is 0.154 e. The van der Waals surface area contributed by atoms with Crippen LogP contribution >= 0.6 is 22.9 Å². The molecule has 1 nitrogen and oxygen atoms in total. The Labute approximate surface area is 129 Å². The van der Waals surface area contributed by atoms with Crippen molar-refractivity contribution in [1.82, 2.24) is 0 Å². The van der Waals surface area contributed by atoms with Crippen molar-refractivity contribution in [1.29, 1.82) is 0 Å². The van der Waals surface area contributed by atoms with Gasteiger partial charge in [0.1, 0.15) is 0 Å².